The first kappa shape index (κ1) is 12.4. The van der Waals surface area contributed by atoms with E-state index in [9.17, 15) is 5.11 Å². The van der Waals surface area contributed by atoms with E-state index >= 15 is 0 Å². The SMILES string of the molecule is CNCC(O)c1ccc(N2CCNCC2)cc1. The van der Waals surface area contributed by atoms with E-state index in [-0.39, 0.29) is 0 Å². The lowest BCUT2D eigenvalue weighted by molar-refractivity contribution is 0.178. The van der Waals surface area contributed by atoms with Crippen LogP contribution in [-0.4, -0.2) is 44.9 Å². The molecule has 4 heteroatoms. The van der Waals surface area contributed by atoms with Crippen LogP contribution >= 0.6 is 0 Å². The summed E-state index contributed by atoms with van der Waals surface area (Å²) in [5.74, 6) is 0. The second-order valence-corrected chi connectivity index (χ2v) is 4.40. The van der Waals surface area contributed by atoms with Crippen molar-refractivity contribution in [1.82, 2.24) is 10.6 Å². The van der Waals surface area contributed by atoms with Crippen LogP contribution in [0.5, 0.6) is 0 Å². The van der Waals surface area contributed by atoms with E-state index in [0.717, 1.165) is 31.7 Å². The van der Waals surface area contributed by atoms with Gasteiger partial charge in [-0.15, -0.1) is 0 Å². The Kier molecular flexibility index (Phi) is 4.36. The van der Waals surface area contributed by atoms with Crippen molar-refractivity contribution >= 4 is 5.69 Å². The summed E-state index contributed by atoms with van der Waals surface area (Å²) in [5.41, 5.74) is 2.21. The first-order chi connectivity index (χ1) is 8.31. The summed E-state index contributed by atoms with van der Waals surface area (Å²) in [5, 5.41) is 16.2. The van der Waals surface area contributed by atoms with Gasteiger partial charge in [0.15, 0.2) is 0 Å². The second kappa shape index (κ2) is 6.00. The second-order valence-electron chi connectivity index (χ2n) is 4.40. The van der Waals surface area contributed by atoms with Gasteiger partial charge in [-0.25, -0.2) is 0 Å². The summed E-state index contributed by atoms with van der Waals surface area (Å²) in [6.07, 6.45) is -0.419. The molecule has 1 aromatic rings. The average molecular weight is 235 g/mol. The number of aliphatic hydroxyl groups is 1. The van der Waals surface area contributed by atoms with Crippen LogP contribution < -0.4 is 15.5 Å². The highest BCUT2D eigenvalue weighted by Gasteiger charge is 2.11. The van der Waals surface area contributed by atoms with Crippen molar-refractivity contribution in [1.29, 1.82) is 0 Å². The van der Waals surface area contributed by atoms with Gasteiger partial charge in [-0.05, 0) is 24.7 Å². The molecule has 4 nitrogen and oxygen atoms in total. The lowest BCUT2D eigenvalue weighted by Crippen LogP contribution is -2.43. The Balaban J connectivity index is 2.01. The third-order valence-electron chi connectivity index (χ3n) is 3.16. The third-order valence-corrected chi connectivity index (χ3v) is 3.16. The van der Waals surface area contributed by atoms with Crippen LogP contribution in [0.1, 0.15) is 11.7 Å². The minimum Gasteiger partial charge on any atom is -0.387 e. The molecule has 1 atom stereocenters. The Morgan fingerprint density at radius 2 is 1.94 bits per heavy atom. The van der Waals surface area contributed by atoms with Crippen molar-refractivity contribution in [2.45, 2.75) is 6.10 Å². The van der Waals surface area contributed by atoms with Crippen molar-refractivity contribution in [3.63, 3.8) is 0 Å². The number of nitrogens with one attached hydrogen (secondary N) is 2. The van der Waals surface area contributed by atoms with Crippen LogP contribution in [0, 0.1) is 0 Å². The Hall–Kier alpha value is -1.10. The molecular weight excluding hydrogens is 214 g/mol. The van der Waals surface area contributed by atoms with Gasteiger partial charge < -0.3 is 20.6 Å². The van der Waals surface area contributed by atoms with Gasteiger partial charge >= 0.3 is 0 Å². The molecular formula is C13H21N3O. The fraction of sp³-hybridized carbons (Fsp3) is 0.538. The normalized spacial score (nSPS) is 18.1. The maximum Gasteiger partial charge on any atom is 0.0914 e. The molecule has 1 heterocycles. The van der Waals surface area contributed by atoms with Crippen LogP contribution in [-0.2, 0) is 0 Å². The number of benzene rings is 1. The van der Waals surface area contributed by atoms with Gasteiger partial charge in [-0.2, -0.15) is 0 Å². The topological polar surface area (TPSA) is 47.5 Å². The molecule has 0 aliphatic carbocycles. The molecule has 0 spiro atoms. The molecule has 2 rings (SSSR count). The molecule has 0 saturated carbocycles. The number of hydrogen-bond acceptors (Lipinski definition) is 4. The van der Waals surface area contributed by atoms with Crippen LogP contribution in [0.3, 0.4) is 0 Å². The smallest absolute Gasteiger partial charge is 0.0914 e. The molecule has 0 bridgehead atoms. The quantitative estimate of drug-likeness (QED) is 0.705. The zero-order valence-electron chi connectivity index (χ0n) is 10.3. The molecule has 1 fully saturated rings. The fourth-order valence-corrected chi connectivity index (χ4v) is 2.14. The summed E-state index contributed by atoms with van der Waals surface area (Å²) in [6.45, 7) is 4.79. The van der Waals surface area contributed by atoms with Gasteiger partial charge in [0.1, 0.15) is 0 Å². The Morgan fingerprint density at radius 3 is 2.53 bits per heavy atom. The Labute approximate surface area is 103 Å². The molecule has 1 saturated heterocycles. The predicted octanol–water partition coefficient (Wildman–Crippen LogP) is 0.349. The molecule has 0 amide bonds. The molecule has 1 unspecified atom stereocenters. The van der Waals surface area contributed by atoms with Crippen molar-refractivity contribution in [2.75, 3.05) is 44.7 Å². The van der Waals surface area contributed by atoms with Crippen molar-refractivity contribution < 1.29 is 5.11 Å². The summed E-state index contributed by atoms with van der Waals surface area (Å²) >= 11 is 0. The highest BCUT2D eigenvalue weighted by atomic mass is 16.3. The lowest BCUT2D eigenvalue weighted by atomic mass is 10.1. The minimum atomic E-state index is -0.419. The number of likely N-dealkylation sites (N-methyl/N-ethyl adjacent to an activating group) is 1. The summed E-state index contributed by atoms with van der Waals surface area (Å²) < 4.78 is 0. The van der Waals surface area contributed by atoms with Gasteiger partial charge in [0.2, 0.25) is 0 Å². The van der Waals surface area contributed by atoms with E-state index in [1.807, 2.05) is 19.2 Å². The number of aliphatic hydroxyl groups excluding tert-OH is 1. The molecule has 0 aromatic heterocycles. The molecule has 1 aromatic carbocycles. The molecule has 17 heavy (non-hydrogen) atoms. The van der Waals surface area contributed by atoms with E-state index < -0.39 is 6.10 Å². The molecule has 1 aliphatic rings. The number of hydrogen-bond donors (Lipinski definition) is 3. The van der Waals surface area contributed by atoms with Crippen LogP contribution in [0.2, 0.25) is 0 Å². The fourth-order valence-electron chi connectivity index (χ4n) is 2.14. The number of anilines is 1. The minimum absolute atomic E-state index is 0.419. The van der Waals surface area contributed by atoms with Gasteiger partial charge in [0, 0.05) is 38.4 Å². The Bertz CT molecular complexity index is 333. The van der Waals surface area contributed by atoms with Crippen molar-refractivity contribution in [2.24, 2.45) is 0 Å². The summed E-state index contributed by atoms with van der Waals surface area (Å²) in [6, 6.07) is 8.22. The first-order valence-corrected chi connectivity index (χ1v) is 6.19. The summed E-state index contributed by atoms with van der Waals surface area (Å²) in [7, 11) is 1.85. The number of rotatable bonds is 4. The first-order valence-electron chi connectivity index (χ1n) is 6.19. The van der Waals surface area contributed by atoms with E-state index in [2.05, 4.69) is 27.7 Å². The van der Waals surface area contributed by atoms with Gasteiger partial charge in [0.05, 0.1) is 6.10 Å². The van der Waals surface area contributed by atoms with Gasteiger partial charge in [-0.1, -0.05) is 12.1 Å². The predicted molar refractivity (Wildman–Crippen MR) is 70.4 cm³/mol. The van der Waals surface area contributed by atoms with Crippen LogP contribution in [0.4, 0.5) is 5.69 Å². The van der Waals surface area contributed by atoms with E-state index in [0.29, 0.717) is 6.54 Å². The molecule has 1 aliphatic heterocycles. The monoisotopic (exact) mass is 235 g/mol. The highest BCUT2D eigenvalue weighted by Crippen LogP contribution is 2.19. The lowest BCUT2D eigenvalue weighted by Gasteiger charge is -2.29. The van der Waals surface area contributed by atoms with E-state index in [1.54, 1.807) is 0 Å². The maximum absolute atomic E-state index is 9.84. The maximum atomic E-state index is 9.84. The summed E-state index contributed by atoms with van der Waals surface area (Å²) in [4.78, 5) is 2.37. The van der Waals surface area contributed by atoms with Crippen LogP contribution in [0.15, 0.2) is 24.3 Å². The third kappa shape index (κ3) is 3.19. The zero-order chi connectivity index (χ0) is 12.1. The van der Waals surface area contributed by atoms with E-state index in [1.165, 1.54) is 5.69 Å². The Morgan fingerprint density at radius 1 is 1.29 bits per heavy atom. The van der Waals surface area contributed by atoms with Crippen molar-refractivity contribution in [3.8, 4) is 0 Å². The number of piperazine rings is 1. The van der Waals surface area contributed by atoms with Crippen LogP contribution in [0.25, 0.3) is 0 Å². The number of nitrogens with zero attached hydrogens (tertiary/aromatic N) is 1. The zero-order valence-corrected chi connectivity index (χ0v) is 10.3. The highest BCUT2D eigenvalue weighted by molar-refractivity contribution is 5.48. The molecule has 94 valence electrons. The van der Waals surface area contributed by atoms with Crippen molar-refractivity contribution in [3.05, 3.63) is 29.8 Å². The largest absolute Gasteiger partial charge is 0.387 e. The van der Waals surface area contributed by atoms with Gasteiger partial charge in [0.25, 0.3) is 0 Å². The molecule has 0 radical (unpaired) electrons. The van der Waals surface area contributed by atoms with Gasteiger partial charge in [-0.3, -0.25) is 0 Å². The van der Waals surface area contributed by atoms with E-state index in [4.69, 9.17) is 0 Å². The standard InChI is InChI=1S/C13H21N3O/c1-14-10-13(17)11-2-4-12(5-3-11)16-8-6-15-7-9-16/h2-5,13-15,17H,6-10H2,1H3. The molecule has 3 N–H and O–H groups in total. The average Bonchev–Trinajstić information content (AvgIpc) is 2.40.